The van der Waals surface area contributed by atoms with Crippen LogP contribution in [0.3, 0.4) is 0 Å². The fraction of sp³-hybridized carbons (Fsp3) is 0.480. The third-order valence-corrected chi connectivity index (χ3v) is 7.63. The smallest absolute Gasteiger partial charge is 0.411 e. The van der Waals surface area contributed by atoms with Crippen molar-refractivity contribution in [3.63, 3.8) is 0 Å². The van der Waals surface area contributed by atoms with Crippen LogP contribution < -0.4 is 5.32 Å². The van der Waals surface area contributed by atoms with Crippen LogP contribution in [0.15, 0.2) is 54.6 Å². The standard InChI is InChI=1S/C25H29ClN2O2/c26-20-10-4-5-11-21(20)27-25(29)30-24-16-18-15-19(24)22-12-6-7-13-28(22)23(18)14-17-8-2-1-3-9-17/h1-5,8-11,18-19,22-24H,6-7,12-16H2,(H,27,29)/t18-,19-,22-,23+,24-/m1/s1. The predicted octanol–water partition coefficient (Wildman–Crippen LogP) is 5.76. The molecule has 0 radical (unpaired) electrons. The maximum absolute atomic E-state index is 12.6. The van der Waals surface area contributed by atoms with Gasteiger partial charge in [0, 0.05) is 18.0 Å². The minimum atomic E-state index is -0.386. The van der Waals surface area contributed by atoms with Crippen LogP contribution in [0.25, 0.3) is 0 Å². The number of hydrogen-bond donors (Lipinski definition) is 1. The molecule has 1 amide bonds. The number of halogens is 1. The highest BCUT2D eigenvalue weighted by atomic mass is 35.5. The Morgan fingerprint density at radius 2 is 1.87 bits per heavy atom. The highest BCUT2D eigenvalue weighted by Crippen LogP contribution is 2.49. The predicted molar refractivity (Wildman–Crippen MR) is 120 cm³/mol. The van der Waals surface area contributed by atoms with Crippen molar-refractivity contribution in [2.24, 2.45) is 11.8 Å². The molecule has 2 aromatic rings. The summed E-state index contributed by atoms with van der Waals surface area (Å²) in [6, 6.07) is 19.2. The molecular weight excluding hydrogens is 396 g/mol. The van der Waals surface area contributed by atoms with E-state index < -0.39 is 0 Å². The summed E-state index contributed by atoms with van der Waals surface area (Å²) in [5, 5.41) is 3.36. The molecule has 1 N–H and O–H groups in total. The van der Waals surface area contributed by atoms with E-state index in [1.54, 1.807) is 12.1 Å². The highest BCUT2D eigenvalue weighted by Gasteiger charge is 2.52. The molecule has 0 unspecified atom stereocenters. The summed E-state index contributed by atoms with van der Waals surface area (Å²) in [5.74, 6) is 1.03. The van der Waals surface area contributed by atoms with E-state index in [4.69, 9.17) is 16.3 Å². The fourth-order valence-electron chi connectivity index (χ4n) is 6.03. The number of carbonyl (C=O) groups excluding carboxylic acids is 1. The van der Waals surface area contributed by atoms with Gasteiger partial charge < -0.3 is 4.74 Å². The molecule has 30 heavy (non-hydrogen) atoms. The fourth-order valence-corrected chi connectivity index (χ4v) is 6.21. The second-order valence-electron chi connectivity index (χ2n) is 9.00. The SMILES string of the molecule is O=C(Nc1ccccc1Cl)O[C@@H]1C[C@H]2C[C@@H]1[C@H]1CCCCN1[C@H]2Cc1ccccc1. The van der Waals surface area contributed by atoms with E-state index in [1.165, 1.54) is 37.8 Å². The number of piperidine rings is 2. The van der Waals surface area contributed by atoms with E-state index in [2.05, 4.69) is 40.5 Å². The van der Waals surface area contributed by atoms with E-state index in [9.17, 15) is 4.79 Å². The maximum Gasteiger partial charge on any atom is 0.411 e. The summed E-state index contributed by atoms with van der Waals surface area (Å²) in [5.41, 5.74) is 2.01. The molecule has 5 rings (SSSR count). The molecule has 2 aromatic carbocycles. The number of ether oxygens (including phenoxy) is 1. The molecule has 3 aliphatic rings. The van der Waals surface area contributed by atoms with Crippen LogP contribution in [0, 0.1) is 11.8 Å². The van der Waals surface area contributed by atoms with Gasteiger partial charge in [0.15, 0.2) is 0 Å². The minimum Gasteiger partial charge on any atom is -0.446 e. The topological polar surface area (TPSA) is 41.6 Å². The summed E-state index contributed by atoms with van der Waals surface area (Å²) < 4.78 is 6.00. The molecule has 4 nitrogen and oxygen atoms in total. The average Bonchev–Trinajstić information content (AvgIpc) is 3.13. The Balaban J connectivity index is 1.31. The Labute approximate surface area is 183 Å². The summed E-state index contributed by atoms with van der Waals surface area (Å²) in [6.07, 6.45) is 6.60. The Morgan fingerprint density at radius 1 is 1.07 bits per heavy atom. The van der Waals surface area contributed by atoms with Crippen LogP contribution in [0.5, 0.6) is 0 Å². The molecule has 1 aliphatic carbocycles. The van der Waals surface area contributed by atoms with E-state index in [0.717, 1.165) is 12.8 Å². The molecule has 2 aliphatic heterocycles. The summed E-state index contributed by atoms with van der Waals surface area (Å²) in [4.78, 5) is 15.4. The van der Waals surface area contributed by atoms with Crippen LogP contribution in [-0.4, -0.2) is 35.7 Å². The van der Waals surface area contributed by atoms with Gasteiger partial charge in [0.25, 0.3) is 0 Å². The monoisotopic (exact) mass is 424 g/mol. The van der Waals surface area contributed by atoms with Gasteiger partial charge in [-0.25, -0.2) is 4.79 Å². The van der Waals surface area contributed by atoms with E-state index in [-0.39, 0.29) is 12.2 Å². The van der Waals surface area contributed by atoms with Gasteiger partial charge in [-0.1, -0.05) is 60.5 Å². The lowest BCUT2D eigenvalue weighted by Gasteiger charge is -2.49. The number of rotatable bonds is 4. The van der Waals surface area contributed by atoms with Crippen molar-refractivity contribution in [1.82, 2.24) is 4.90 Å². The number of para-hydroxylation sites is 1. The van der Waals surface area contributed by atoms with Gasteiger partial charge in [-0.3, -0.25) is 10.2 Å². The van der Waals surface area contributed by atoms with E-state index in [0.29, 0.717) is 34.6 Å². The van der Waals surface area contributed by atoms with Gasteiger partial charge in [0.2, 0.25) is 0 Å². The summed E-state index contributed by atoms with van der Waals surface area (Å²) >= 11 is 6.18. The van der Waals surface area contributed by atoms with Crippen LogP contribution in [0.4, 0.5) is 10.5 Å². The molecule has 2 bridgehead atoms. The average molecular weight is 425 g/mol. The Morgan fingerprint density at radius 3 is 2.70 bits per heavy atom. The molecular formula is C25H29ClN2O2. The molecule has 5 atom stereocenters. The van der Waals surface area contributed by atoms with Crippen LogP contribution >= 0.6 is 11.6 Å². The maximum atomic E-state index is 12.6. The number of anilines is 1. The molecule has 158 valence electrons. The van der Waals surface area contributed by atoms with Crippen molar-refractivity contribution in [2.75, 3.05) is 11.9 Å². The number of hydrogen-bond acceptors (Lipinski definition) is 3. The van der Waals surface area contributed by atoms with Crippen LogP contribution in [0.2, 0.25) is 5.02 Å². The molecule has 0 aromatic heterocycles. The summed E-state index contributed by atoms with van der Waals surface area (Å²) in [7, 11) is 0. The van der Waals surface area contributed by atoms with E-state index in [1.807, 2.05) is 12.1 Å². The largest absolute Gasteiger partial charge is 0.446 e. The van der Waals surface area contributed by atoms with Crippen molar-refractivity contribution >= 4 is 23.4 Å². The number of fused-ring (bicyclic) bond motifs is 4. The zero-order valence-electron chi connectivity index (χ0n) is 17.2. The molecule has 2 saturated heterocycles. The molecule has 3 fully saturated rings. The second kappa shape index (κ2) is 8.60. The second-order valence-corrected chi connectivity index (χ2v) is 9.41. The first-order chi connectivity index (χ1) is 14.7. The Kier molecular flexibility index (Phi) is 5.70. The lowest BCUT2D eigenvalue weighted by Crippen LogP contribution is -2.55. The van der Waals surface area contributed by atoms with Gasteiger partial charge in [-0.15, -0.1) is 0 Å². The van der Waals surface area contributed by atoms with Crippen LogP contribution in [-0.2, 0) is 11.2 Å². The van der Waals surface area contributed by atoms with Crippen molar-refractivity contribution in [1.29, 1.82) is 0 Å². The van der Waals surface area contributed by atoms with Gasteiger partial charge in [-0.05, 0) is 62.3 Å². The van der Waals surface area contributed by atoms with Gasteiger partial charge in [0.05, 0.1) is 10.7 Å². The Bertz CT molecular complexity index is 890. The van der Waals surface area contributed by atoms with Gasteiger partial charge >= 0.3 is 6.09 Å². The third-order valence-electron chi connectivity index (χ3n) is 7.30. The Hall–Kier alpha value is -2.04. The van der Waals surface area contributed by atoms with E-state index >= 15 is 0 Å². The molecule has 1 saturated carbocycles. The van der Waals surface area contributed by atoms with Crippen molar-refractivity contribution in [2.45, 2.75) is 56.7 Å². The number of nitrogens with one attached hydrogen (secondary N) is 1. The first-order valence-electron chi connectivity index (χ1n) is 11.2. The molecule has 5 heteroatoms. The zero-order chi connectivity index (χ0) is 20.5. The summed E-state index contributed by atoms with van der Waals surface area (Å²) in [6.45, 7) is 1.17. The lowest BCUT2D eigenvalue weighted by molar-refractivity contribution is -0.0144. The normalized spacial score (nSPS) is 30.5. The number of nitrogens with zero attached hydrogens (tertiary/aromatic N) is 1. The third kappa shape index (κ3) is 3.95. The zero-order valence-corrected chi connectivity index (χ0v) is 17.9. The van der Waals surface area contributed by atoms with Crippen molar-refractivity contribution in [3.05, 3.63) is 65.2 Å². The lowest BCUT2D eigenvalue weighted by atomic mass is 9.79. The number of amides is 1. The quantitative estimate of drug-likeness (QED) is 0.678. The number of benzene rings is 2. The first-order valence-corrected chi connectivity index (χ1v) is 11.6. The number of carbonyl (C=O) groups is 1. The first kappa shape index (κ1) is 19.9. The van der Waals surface area contributed by atoms with Gasteiger partial charge in [0.1, 0.15) is 6.10 Å². The van der Waals surface area contributed by atoms with Crippen molar-refractivity contribution < 1.29 is 9.53 Å². The highest BCUT2D eigenvalue weighted by molar-refractivity contribution is 6.33. The minimum absolute atomic E-state index is 0.0103. The van der Waals surface area contributed by atoms with Crippen molar-refractivity contribution in [3.8, 4) is 0 Å². The molecule has 2 heterocycles. The van der Waals surface area contributed by atoms with Crippen LogP contribution in [0.1, 0.15) is 37.7 Å². The molecule has 0 spiro atoms. The van der Waals surface area contributed by atoms with Gasteiger partial charge in [-0.2, -0.15) is 0 Å².